The second kappa shape index (κ2) is 5.21. The van der Waals surface area contributed by atoms with Gasteiger partial charge in [0, 0.05) is 25.8 Å². The highest BCUT2D eigenvalue weighted by molar-refractivity contribution is 5.72. The Morgan fingerprint density at radius 2 is 2.09 bits per heavy atom. The zero-order valence-electron chi connectivity index (χ0n) is 12.0. The van der Waals surface area contributed by atoms with E-state index in [-0.39, 0.29) is 12.1 Å². The Bertz CT molecular complexity index is 902. The second-order valence-electron chi connectivity index (χ2n) is 4.97. The number of nitrogens with zero attached hydrogens (tertiary/aromatic N) is 4. The summed E-state index contributed by atoms with van der Waals surface area (Å²) in [7, 11) is 3.39. The first-order chi connectivity index (χ1) is 10.5. The summed E-state index contributed by atoms with van der Waals surface area (Å²) in [6.45, 7) is 0.238. The predicted molar refractivity (Wildman–Crippen MR) is 77.6 cm³/mol. The number of aryl methyl sites for hydroxylation is 1. The zero-order chi connectivity index (χ0) is 15.9. The number of nitrogens with one attached hydrogen (secondary N) is 1. The second-order valence-corrected chi connectivity index (χ2v) is 4.97. The SMILES string of the molecule is CN(Cc1nc2c(cnn2C)c(=O)[nH]1)c1ccc(F)c(F)c1. The Kier molecular flexibility index (Phi) is 3.36. The molecule has 22 heavy (non-hydrogen) atoms. The number of fused-ring (bicyclic) bond motifs is 1. The summed E-state index contributed by atoms with van der Waals surface area (Å²) in [6, 6.07) is 3.61. The molecule has 3 aromatic rings. The molecular weight excluding hydrogens is 292 g/mol. The van der Waals surface area contributed by atoms with Gasteiger partial charge in [0.2, 0.25) is 0 Å². The largest absolute Gasteiger partial charge is 0.367 e. The third-order valence-electron chi connectivity index (χ3n) is 3.38. The molecule has 2 aromatic heterocycles. The van der Waals surface area contributed by atoms with E-state index < -0.39 is 11.6 Å². The molecule has 2 heterocycles. The molecule has 3 rings (SSSR count). The number of aromatic nitrogens is 4. The van der Waals surface area contributed by atoms with E-state index in [1.165, 1.54) is 16.9 Å². The van der Waals surface area contributed by atoms with Crippen molar-refractivity contribution >= 4 is 16.7 Å². The zero-order valence-corrected chi connectivity index (χ0v) is 12.0. The lowest BCUT2D eigenvalue weighted by Gasteiger charge is -2.18. The lowest BCUT2D eigenvalue weighted by Crippen LogP contribution is -2.21. The van der Waals surface area contributed by atoms with Crippen molar-refractivity contribution in [2.45, 2.75) is 6.54 Å². The molecular formula is C14H13F2N5O. The molecule has 1 aromatic carbocycles. The van der Waals surface area contributed by atoms with Crippen LogP contribution in [0.2, 0.25) is 0 Å². The van der Waals surface area contributed by atoms with Crippen molar-refractivity contribution in [3.63, 3.8) is 0 Å². The van der Waals surface area contributed by atoms with Crippen molar-refractivity contribution in [1.29, 1.82) is 0 Å². The number of H-pyrrole nitrogens is 1. The first kappa shape index (κ1) is 14.2. The number of hydrogen-bond donors (Lipinski definition) is 1. The van der Waals surface area contributed by atoms with Crippen LogP contribution >= 0.6 is 0 Å². The molecule has 0 bridgehead atoms. The van der Waals surface area contributed by atoms with Crippen LogP contribution in [0.1, 0.15) is 5.82 Å². The first-order valence-electron chi connectivity index (χ1n) is 6.53. The van der Waals surface area contributed by atoms with Gasteiger partial charge in [-0.05, 0) is 12.1 Å². The van der Waals surface area contributed by atoms with Crippen LogP contribution in [-0.4, -0.2) is 26.8 Å². The lowest BCUT2D eigenvalue weighted by molar-refractivity contribution is 0.508. The third kappa shape index (κ3) is 2.43. The standard InChI is InChI=1S/C14H13F2N5O/c1-20(8-3-4-10(15)11(16)5-8)7-12-18-13-9(14(22)19-12)6-17-21(13)2/h3-6H,7H2,1-2H3,(H,18,19,22). The summed E-state index contributed by atoms with van der Waals surface area (Å²) in [4.78, 5) is 20.6. The summed E-state index contributed by atoms with van der Waals surface area (Å²) in [5.74, 6) is -1.42. The van der Waals surface area contributed by atoms with Crippen LogP contribution in [0, 0.1) is 11.6 Å². The van der Waals surface area contributed by atoms with Gasteiger partial charge in [0.15, 0.2) is 17.3 Å². The molecule has 1 N–H and O–H groups in total. The minimum absolute atomic E-state index is 0.238. The number of hydrogen-bond acceptors (Lipinski definition) is 4. The molecule has 0 aliphatic carbocycles. The Hall–Kier alpha value is -2.77. The number of rotatable bonds is 3. The summed E-state index contributed by atoms with van der Waals surface area (Å²) < 4.78 is 27.7. The van der Waals surface area contributed by atoms with E-state index in [0.717, 1.165) is 12.1 Å². The summed E-state index contributed by atoms with van der Waals surface area (Å²) in [5, 5.41) is 4.39. The van der Waals surface area contributed by atoms with Gasteiger partial charge >= 0.3 is 0 Å². The predicted octanol–water partition coefficient (Wildman–Crippen LogP) is 1.57. The average Bonchev–Trinajstić information content (AvgIpc) is 2.84. The summed E-state index contributed by atoms with van der Waals surface area (Å²) in [5.41, 5.74) is 0.663. The van der Waals surface area contributed by atoms with E-state index in [4.69, 9.17) is 0 Å². The van der Waals surface area contributed by atoms with E-state index in [1.807, 2.05) is 0 Å². The maximum absolute atomic E-state index is 13.3. The average molecular weight is 305 g/mol. The van der Waals surface area contributed by atoms with Gasteiger partial charge in [-0.3, -0.25) is 9.48 Å². The molecule has 0 amide bonds. The number of anilines is 1. The van der Waals surface area contributed by atoms with Gasteiger partial charge in [0.25, 0.3) is 5.56 Å². The normalized spacial score (nSPS) is 11.1. The fourth-order valence-corrected chi connectivity index (χ4v) is 2.19. The highest BCUT2D eigenvalue weighted by atomic mass is 19.2. The topological polar surface area (TPSA) is 66.8 Å². The van der Waals surface area contributed by atoms with Crippen molar-refractivity contribution < 1.29 is 8.78 Å². The third-order valence-corrected chi connectivity index (χ3v) is 3.38. The van der Waals surface area contributed by atoms with E-state index in [9.17, 15) is 13.6 Å². The van der Waals surface area contributed by atoms with Crippen molar-refractivity contribution in [1.82, 2.24) is 19.7 Å². The quantitative estimate of drug-likeness (QED) is 0.797. The van der Waals surface area contributed by atoms with Crippen LogP contribution in [0.15, 0.2) is 29.2 Å². The Morgan fingerprint density at radius 3 is 2.82 bits per heavy atom. The molecule has 0 atom stereocenters. The maximum atomic E-state index is 13.3. The molecule has 0 aliphatic rings. The minimum atomic E-state index is -0.923. The fourth-order valence-electron chi connectivity index (χ4n) is 2.19. The fraction of sp³-hybridized carbons (Fsp3) is 0.214. The van der Waals surface area contributed by atoms with Crippen molar-refractivity contribution in [3.05, 3.63) is 52.2 Å². The smallest absolute Gasteiger partial charge is 0.262 e. The van der Waals surface area contributed by atoms with E-state index in [2.05, 4.69) is 15.1 Å². The number of aromatic amines is 1. The Morgan fingerprint density at radius 1 is 1.32 bits per heavy atom. The number of benzene rings is 1. The van der Waals surface area contributed by atoms with Crippen LogP contribution in [-0.2, 0) is 13.6 Å². The molecule has 0 unspecified atom stereocenters. The van der Waals surface area contributed by atoms with E-state index >= 15 is 0 Å². The molecule has 114 valence electrons. The van der Waals surface area contributed by atoms with Crippen LogP contribution in [0.4, 0.5) is 14.5 Å². The van der Waals surface area contributed by atoms with Gasteiger partial charge in [-0.15, -0.1) is 0 Å². The van der Waals surface area contributed by atoms with Gasteiger partial charge < -0.3 is 9.88 Å². The van der Waals surface area contributed by atoms with E-state index in [0.29, 0.717) is 22.5 Å². The molecule has 0 aliphatic heterocycles. The Balaban J connectivity index is 1.93. The highest BCUT2D eigenvalue weighted by Crippen LogP contribution is 2.18. The van der Waals surface area contributed by atoms with Crippen LogP contribution in [0.5, 0.6) is 0 Å². The van der Waals surface area contributed by atoms with Gasteiger partial charge in [-0.25, -0.2) is 13.8 Å². The van der Waals surface area contributed by atoms with Gasteiger partial charge in [0.1, 0.15) is 11.2 Å². The molecule has 8 heteroatoms. The van der Waals surface area contributed by atoms with Gasteiger partial charge in [-0.1, -0.05) is 0 Å². The molecule has 0 radical (unpaired) electrons. The molecule has 0 saturated heterocycles. The van der Waals surface area contributed by atoms with Gasteiger partial charge in [-0.2, -0.15) is 5.10 Å². The molecule has 0 saturated carbocycles. The minimum Gasteiger partial charge on any atom is -0.367 e. The van der Waals surface area contributed by atoms with E-state index in [1.54, 1.807) is 19.0 Å². The Labute approximate surface area is 124 Å². The van der Waals surface area contributed by atoms with Gasteiger partial charge in [0.05, 0.1) is 12.7 Å². The van der Waals surface area contributed by atoms with Crippen molar-refractivity contribution in [2.75, 3.05) is 11.9 Å². The van der Waals surface area contributed by atoms with Crippen LogP contribution in [0.3, 0.4) is 0 Å². The summed E-state index contributed by atoms with van der Waals surface area (Å²) in [6.07, 6.45) is 1.45. The van der Waals surface area contributed by atoms with Crippen molar-refractivity contribution in [2.24, 2.45) is 7.05 Å². The molecule has 0 fully saturated rings. The monoisotopic (exact) mass is 305 g/mol. The summed E-state index contributed by atoms with van der Waals surface area (Å²) >= 11 is 0. The van der Waals surface area contributed by atoms with Crippen LogP contribution < -0.4 is 10.5 Å². The lowest BCUT2D eigenvalue weighted by atomic mass is 10.2. The van der Waals surface area contributed by atoms with Crippen LogP contribution in [0.25, 0.3) is 11.0 Å². The molecule has 0 spiro atoms. The number of halogens is 2. The van der Waals surface area contributed by atoms with Crippen molar-refractivity contribution in [3.8, 4) is 0 Å². The first-order valence-corrected chi connectivity index (χ1v) is 6.53. The highest BCUT2D eigenvalue weighted by Gasteiger charge is 2.11. The maximum Gasteiger partial charge on any atom is 0.262 e. The molecule has 6 nitrogen and oxygen atoms in total.